The number of aromatic nitrogens is 2. The molecule has 168 valence electrons. The summed E-state index contributed by atoms with van der Waals surface area (Å²) in [7, 11) is 3.50. The molecule has 1 fully saturated rings. The van der Waals surface area contributed by atoms with Crippen LogP contribution in [0.3, 0.4) is 0 Å². The summed E-state index contributed by atoms with van der Waals surface area (Å²) in [4.78, 5) is 33.0. The topological polar surface area (TPSA) is 79.7 Å². The highest BCUT2D eigenvalue weighted by Crippen LogP contribution is 2.30. The molecule has 0 unspecified atom stereocenters. The Kier molecular flexibility index (Phi) is 6.14. The van der Waals surface area contributed by atoms with Crippen LogP contribution in [0, 0.1) is 13.8 Å². The van der Waals surface area contributed by atoms with E-state index in [-0.39, 0.29) is 18.4 Å². The van der Waals surface area contributed by atoms with Crippen molar-refractivity contribution in [3.05, 3.63) is 53.3 Å². The molecule has 1 aromatic carbocycles. The molecule has 0 atom stereocenters. The SMILES string of the molecule is Cc1cc(C(=O)N2CCOCC2)cc(C)c1Nc1nccc2c1ccn2CC(=O)N(C)C. The first-order chi connectivity index (χ1) is 15.3. The van der Waals surface area contributed by atoms with Crippen LogP contribution in [-0.4, -0.2) is 71.6 Å². The summed E-state index contributed by atoms with van der Waals surface area (Å²) >= 11 is 0. The van der Waals surface area contributed by atoms with Gasteiger partial charge in [0, 0.05) is 56.2 Å². The molecule has 0 saturated carbocycles. The number of hydrogen-bond donors (Lipinski definition) is 1. The molecular formula is C24H29N5O3. The maximum absolute atomic E-state index is 12.9. The number of anilines is 2. The zero-order chi connectivity index (χ0) is 22.8. The highest BCUT2D eigenvalue weighted by molar-refractivity contribution is 5.97. The van der Waals surface area contributed by atoms with Crippen molar-refractivity contribution in [2.75, 3.05) is 45.7 Å². The number of pyridine rings is 1. The number of hydrogen-bond acceptors (Lipinski definition) is 5. The zero-order valence-corrected chi connectivity index (χ0v) is 19.0. The Balaban J connectivity index is 1.61. The molecule has 0 spiro atoms. The van der Waals surface area contributed by atoms with Crippen molar-refractivity contribution in [2.24, 2.45) is 0 Å². The van der Waals surface area contributed by atoms with Crippen LogP contribution in [0.15, 0.2) is 36.7 Å². The molecule has 1 saturated heterocycles. The minimum Gasteiger partial charge on any atom is -0.378 e. The molecule has 1 aliphatic rings. The van der Waals surface area contributed by atoms with E-state index in [1.165, 1.54) is 0 Å². The molecule has 1 aliphatic heterocycles. The van der Waals surface area contributed by atoms with E-state index in [0.717, 1.165) is 33.5 Å². The number of benzene rings is 1. The number of amides is 2. The lowest BCUT2D eigenvalue weighted by Crippen LogP contribution is -2.40. The van der Waals surface area contributed by atoms with Gasteiger partial charge in [-0.2, -0.15) is 0 Å². The minimum atomic E-state index is 0.0287. The molecule has 8 nitrogen and oxygen atoms in total. The summed E-state index contributed by atoms with van der Waals surface area (Å²) in [5.41, 5.74) is 4.50. The molecule has 4 rings (SSSR count). The molecule has 3 heterocycles. The zero-order valence-electron chi connectivity index (χ0n) is 19.0. The van der Waals surface area contributed by atoms with Crippen molar-refractivity contribution in [3.63, 3.8) is 0 Å². The summed E-state index contributed by atoms with van der Waals surface area (Å²) in [5.74, 6) is 0.784. The number of carbonyl (C=O) groups excluding carboxylic acids is 2. The summed E-state index contributed by atoms with van der Waals surface area (Å²) in [6.45, 7) is 6.67. The monoisotopic (exact) mass is 435 g/mol. The van der Waals surface area contributed by atoms with Crippen LogP contribution in [0.1, 0.15) is 21.5 Å². The van der Waals surface area contributed by atoms with Gasteiger partial charge in [-0.1, -0.05) is 0 Å². The van der Waals surface area contributed by atoms with Gasteiger partial charge in [-0.05, 0) is 49.2 Å². The number of rotatable bonds is 5. The van der Waals surface area contributed by atoms with Crippen LogP contribution < -0.4 is 5.32 Å². The number of likely N-dealkylation sites (N-methyl/N-ethyl adjacent to an activating group) is 1. The smallest absolute Gasteiger partial charge is 0.254 e. The third kappa shape index (κ3) is 4.31. The molecular weight excluding hydrogens is 406 g/mol. The summed E-state index contributed by atoms with van der Waals surface area (Å²) in [6.07, 6.45) is 3.64. The van der Waals surface area contributed by atoms with Crippen molar-refractivity contribution >= 4 is 34.2 Å². The molecule has 0 radical (unpaired) electrons. The van der Waals surface area contributed by atoms with E-state index in [1.54, 1.807) is 25.2 Å². The first-order valence-corrected chi connectivity index (χ1v) is 10.7. The van der Waals surface area contributed by atoms with Gasteiger partial charge in [0.05, 0.1) is 18.7 Å². The molecule has 1 N–H and O–H groups in total. The van der Waals surface area contributed by atoms with Crippen molar-refractivity contribution < 1.29 is 14.3 Å². The van der Waals surface area contributed by atoms with E-state index in [9.17, 15) is 9.59 Å². The Hall–Kier alpha value is -3.39. The van der Waals surface area contributed by atoms with E-state index in [4.69, 9.17) is 4.74 Å². The first-order valence-electron chi connectivity index (χ1n) is 10.7. The number of nitrogens with zero attached hydrogens (tertiary/aromatic N) is 4. The van der Waals surface area contributed by atoms with Crippen molar-refractivity contribution in [1.82, 2.24) is 19.4 Å². The molecule has 3 aromatic rings. The Morgan fingerprint density at radius 2 is 1.81 bits per heavy atom. The predicted octanol–water partition coefficient (Wildman–Crippen LogP) is 2.96. The standard InChI is InChI=1S/C24H29N5O3/c1-16-13-18(24(31)28-9-11-32-12-10-28)14-17(2)22(16)26-23-19-6-8-29(15-21(30)27(3)4)20(19)5-7-25-23/h5-8,13-14H,9-12,15H2,1-4H3,(H,25,26). The molecule has 0 bridgehead atoms. The van der Waals surface area contributed by atoms with Gasteiger partial charge in [0.25, 0.3) is 5.91 Å². The molecule has 0 aliphatic carbocycles. The number of aryl methyl sites for hydroxylation is 2. The van der Waals surface area contributed by atoms with Crippen LogP contribution in [0.2, 0.25) is 0 Å². The van der Waals surface area contributed by atoms with Gasteiger partial charge in [-0.3, -0.25) is 9.59 Å². The van der Waals surface area contributed by atoms with Gasteiger partial charge in [0.15, 0.2) is 0 Å². The fourth-order valence-corrected chi connectivity index (χ4v) is 4.00. The largest absolute Gasteiger partial charge is 0.378 e. The van der Waals surface area contributed by atoms with Gasteiger partial charge in [0.2, 0.25) is 5.91 Å². The second-order valence-corrected chi connectivity index (χ2v) is 8.34. The van der Waals surface area contributed by atoms with E-state index in [0.29, 0.717) is 31.9 Å². The lowest BCUT2D eigenvalue weighted by atomic mass is 10.0. The van der Waals surface area contributed by atoms with E-state index in [1.807, 2.05) is 53.8 Å². The minimum absolute atomic E-state index is 0.0287. The Labute approximate surface area is 187 Å². The van der Waals surface area contributed by atoms with Crippen LogP contribution >= 0.6 is 0 Å². The number of fused-ring (bicyclic) bond motifs is 1. The van der Waals surface area contributed by atoms with Crippen LogP contribution in [0.4, 0.5) is 11.5 Å². The molecule has 2 aromatic heterocycles. The van der Waals surface area contributed by atoms with Crippen molar-refractivity contribution in [3.8, 4) is 0 Å². The van der Waals surface area contributed by atoms with E-state index >= 15 is 0 Å². The third-order valence-electron chi connectivity index (χ3n) is 5.82. The first kappa shape index (κ1) is 21.8. The van der Waals surface area contributed by atoms with Crippen molar-refractivity contribution in [1.29, 1.82) is 0 Å². The molecule has 32 heavy (non-hydrogen) atoms. The van der Waals surface area contributed by atoms with Gasteiger partial charge >= 0.3 is 0 Å². The van der Waals surface area contributed by atoms with Crippen LogP contribution in [-0.2, 0) is 16.1 Å². The Morgan fingerprint density at radius 3 is 2.47 bits per heavy atom. The number of carbonyl (C=O) groups is 2. The van der Waals surface area contributed by atoms with Crippen LogP contribution in [0.5, 0.6) is 0 Å². The van der Waals surface area contributed by atoms with E-state index < -0.39 is 0 Å². The lowest BCUT2D eigenvalue weighted by molar-refractivity contribution is -0.129. The quantitative estimate of drug-likeness (QED) is 0.667. The fraction of sp³-hybridized carbons (Fsp3) is 0.375. The third-order valence-corrected chi connectivity index (χ3v) is 5.82. The second kappa shape index (κ2) is 9.00. The average molecular weight is 436 g/mol. The van der Waals surface area contributed by atoms with Gasteiger partial charge in [-0.15, -0.1) is 0 Å². The summed E-state index contributed by atoms with van der Waals surface area (Å²) < 4.78 is 7.28. The van der Waals surface area contributed by atoms with Gasteiger partial charge in [0.1, 0.15) is 12.4 Å². The normalized spacial score (nSPS) is 13.9. The van der Waals surface area contributed by atoms with Gasteiger partial charge < -0.3 is 24.4 Å². The highest BCUT2D eigenvalue weighted by Gasteiger charge is 2.20. The average Bonchev–Trinajstić information content (AvgIpc) is 3.19. The summed E-state index contributed by atoms with van der Waals surface area (Å²) in [5, 5.41) is 4.39. The highest BCUT2D eigenvalue weighted by atomic mass is 16.5. The number of ether oxygens (including phenoxy) is 1. The molecule has 2 amide bonds. The van der Waals surface area contributed by atoms with E-state index in [2.05, 4.69) is 10.3 Å². The number of morpholine rings is 1. The number of nitrogens with one attached hydrogen (secondary N) is 1. The fourth-order valence-electron chi connectivity index (χ4n) is 4.00. The van der Waals surface area contributed by atoms with Gasteiger partial charge in [-0.25, -0.2) is 4.98 Å². The maximum atomic E-state index is 12.9. The predicted molar refractivity (Wildman–Crippen MR) is 124 cm³/mol. The van der Waals surface area contributed by atoms with Crippen LogP contribution in [0.25, 0.3) is 10.9 Å². The lowest BCUT2D eigenvalue weighted by Gasteiger charge is -2.27. The second-order valence-electron chi connectivity index (χ2n) is 8.34. The van der Waals surface area contributed by atoms with Crippen molar-refractivity contribution in [2.45, 2.75) is 20.4 Å². The Morgan fingerprint density at radius 1 is 1.12 bits per heavy atom. The maximum Gasteiger partial charge on any atom is 0.254 e. The summed E-state index contributed by atoms with van der Waals surface area (Å²) in [6, 6.07) is 7.73. The molecule has 8 heteroatoms. The Bertz CT molecular complexity index is 1140.